The Kier molecular flexibility index (Phi) is 3.77. The summed E-state index contributed by atoms with van der Waals surface area (Å²) in [7, 11) is 1.88. The molecule has 0 unspecified atom stereocenters. The van der Waals surface area contributed by atoms with Crippen molar-refractivity contribution in [2.75, 3.05) is 6.54 Å². The van der Waals surface area contributed by atoms with Crippen molar-refractivity contribution in [1.29, 1.82) is 0 Å². The molecule has 0 spiro atoms. The van der Waals surface area contributed by atoms with Gasteiger partial charge in [-0.05, 0) is 30.2 Å². The predicted molar refractivity (Wildman–Crippen MR) is 71.3 cm³/mol. The third-order valence-electron chi connectivity index (χ3n) is 2.79. The van der Waals surface area contributed by atoms with Gasteiger partial charge in [0.05, 0.1) is 0 Å². The van der Waals surface area contributed by atoms with E-state index in [2.05, 4.69) is 10.3 Å². The van der Waals surface area contributed by atoms with E-state index >= 15 is 0 Å². The van der Waals surface area contributed by atoms with Gasteiger partial charge in [0, 0.05) is 37.7 Å². The number of carbonyl (C=O) groups excluding carboxylic acids is 1. The van der Waals surface area contributed by atoms with E-state index in [1.54, 1.807) is 12.4 Å². The van der Waals surface area contributed by atoms with Crippen molar-refractivity contribution in [2.45, 2.75) is 13.3 Å². The number of carbonyl (C=O) groups is 1. The Hall–Kier alpha value is -2.10. The first-order valence-corrected chi connectivity index (χ1v) is 6.07. The van der Waals surface area contributed by atoms with Crippen LogP contribution in [0.25, 0.3) is 11.1 Å². The number of hydrogen-bond acceptors (Lipinski definition) is 2. The summed E-state index contributed by atoms with van der Waals surface area (Å²) in [6.07, 6.45) is 6.39. The van der Waals surface area contributed by atoms with Crippen LogP contribution in [0.5, 0.6) is 0 Å². The monoisotopic (exact) mass is 243 g/mol. The molecule has 0 aliphatic heterocycles. The van der Waals surface area contributed by atoms with Crippen LogP contribution in [0.15, 0.2) is 36.8 Å². The van der Waals surface area contributed by atoms with E-state index in [4.69, 9.17) is 0 Å². The van der Waals surface area contributed by atoms with E-state index in [-0.39, 0.29) is 5.91 Å². The van der Waals surface area contributed by atoms with Gasteiger partial charge in [-0.3, -0.25) is 9.78 Å². The van der Waals surface area contributed by atoms with E-state index in [0.29, 0.717) is 12.2 Å². The molecule has 4 nitrogen and oxygen atoms in total. The fourth-order valence-corrected chi connectivity index (χ4v) is 1.82. The molecule has 1 amide bonds. The number of pyridine rings is 1. The lowest BCUT2D eigenvalue weighted by atomic mass is 10.1. The zero-order valence-electron chi connectivity index (χ0n) is 10.7. The van der Waals surface area contributed by atoms with Crippen molar-refractivity contribution in [3.63, 3.8) is 0 Å². The zero-order chi connectivity index (χ0) is 13.0. The Bertz CT molecular complexity index is 531. The van der Waals surface area contributed by atoms with E-state index < -0.39 is 0 Å². The van der Waals surface area contributed by atoms with Crippen molar-refractivity contribution < 1.29 is 4.79 Å². The average molecular weight is 243 g/mol. The molecule has 0 bridgehead atoms. The minimum absolute atomic E-state index is 0.0281. The molecule has 4 heteroatoms. The number of amides is 1. The van der Waals surface area contributed by atoms with Crippen LogP contribution in [-0.4, -0.2) is 22.0 Å². The van der Waals surface area contributed by atoms with Gasteiger partial charge in [0.1, 0.15) is 5.69 Å². The van der Waals surface area contributed by atoms with Crippen molar-refractivity contribution in [2.24, 2.45) is 7.05 Å². The van der Waals surface area contributed by atoms with E-state index in [0.717, 1.165) is 17.5 Å². The lowest BCUT2D eigenvalue weighted by molar-refractivity contribution is 0.0945. The van der Waals surface area contributed by atoms with Crippen LogP contribution < -0.4 is 5.32 Å². The van der Waals surface area contributed by atoms with Gasteiger partial charge in [-0.15, -0.1) is 0 Å². The van der Waals surface area contributed by atoms with Crippen LogP contribution in [-0.2, 0) is 7.05 Å². The standard InChI is InChI=1S/C14H17N3O/c1-3-6-16-14(18)13-9-12(10-17(13)2)11-4-7-15-8-5-11/h4-5,7-10H,3,6H2,1-2H3,(H,16,18). The highest BCUT2D eigenvalue weighted by atomic mass is 16.1. The molecule has 0 atom stereocenters. The summed E-state index contributed by atoms with van der Waals surface area (Å²) < 4.78 is 1.85. The second-order valence-corrected chi connectivity index (χ2v) is 4.22. The third-order valence-corrected chi connectivity index (χ3v) is 2.79. The number of aromatic nitrogens is 2. The van der Waals surface area contributed by atoms with Gasteiger partial charge < -0.3 is 9.88 Å². The number of nitrogens with one attached hydrogen (secondary N) is 1. The van der Waals surface area contributed by atoms with Crippen molar-refractivity contribution in [3.05, 3.63) is 42.5 Å². The molecule has 0 saturated carbocycles. The Morgan fingerprint density at radius 1 is 1.33 bits per heavy atom. The molecule has 18 heavy (non-hydrogen) atoms. The molecule has 0 aromatic carbocycles. The molecule has 2 rings (SSSR count). The first-order valence-electron chi connectivity index (χ1n) is 6.07. The lowest BCUT2D eigenvalue weighted by Crippen LogP contribution is -2.25. The Balaban J connectivity index is 2.25. The molecule has 2 heterocycles. The van der Waals surface area contributed by atoms with Crippen molar-refractivity contribution in [1.82, 2.24) is 14.9 Å². The summed E-state index contributed by atoms with van der Waals surface area (Å²) in [5.74, 6) is -0.0281. The third kappa shape index (κ3) is 2.59. The largest absolute Gasteiger partial charge is 0.351 e. The summed E-state index contributed by atoms with van der Waals surface area (Å²) in [4.78, 5) is 15.9. The summed E-state index contributed by atoms with van der Waals surface area (Å²) >= 11 is 0. The topological polar surface area (TPSA) is 46.9 Å². The van der Waals surface area contributed by atoms with Gasteiger partial charge in [0.15, 0.2) is 0 Å². The normalized spacial score (nSPS) is 10.3. The van der Waals surface area contributed by atoms with Crippen LogP contribution >= 0.6 is 0 Å². The number of hydrogen-bond donors (Lipinski definition) is 1. The molecule has 0 aliphatic carbocycles. The van der Waals surface area contributed by atoms with Crippen LogP contribution in [0.3, 0.4) is 0 Å². The van der Waals surface area contributed by atoms with E-state index in [9.17, 15) is 4.79 Å². The second kappa shape index (κ2) is 5.49. The highest BCUT2D eigenvalue weighted by Crippen LogP contribution is 2.20. The summed E-state index contributed by atoms with van der Waals surface area (Å²) in [6.45, 7) is 2.74. The van der Waals surface area contributed by atoms with Gasteiger partial charge >= 0.3 is 0 Å². The first kappa shape index (κ1) is 12.4. The first-order chi connectivity index (χ1) is 8.72. The lowest BCUT2D eigenvalue weighted by Gasteiger charge is -2.03. The SMILES string of the molecule is CCCNC(=O)c1cc(-c2ccncc2)cn1C. The van der Waals surface area contributed by atoms with E-state index in [1.165, 1.54) is 0 Å². The van der Waals surface area contributed by atoms with Gasteiger partial charge in [-0.2, -0.15) is 0 Å². The minimum Gasteiger partial charge on any atom is -0.351 e. The highest BCUT2D eigenvalue weighted by molar-refractivity contribution is 5.94. The molecule has 0 fully saturated rings. The zero-order valence-corrected chi connectivity index (χ0v) is 10.7. The molecule has 0 aliphatic rings. The quantitative estimate of drug-likeness (QED) is 0.895. The Labute approximate surface area is 107 Å². The fraction of sp³-hybridized carbons (Fsp3) is 0.286. The van der Waals surface area contributed by atoms with Gasteiger partial charge in [-0.25, -0.2) is 0 Å². The van der Waals surface area contributed by atoms with Crippen LogP contribution in [0.4, 0.5) is 0 Å². The molecular weight excluding hydrogens is 226 g/mol. The second-order valence-electron chi connectivity index (χ2n) is 4.22. The summed E-state index contributed by atoms with van der Waals surface area (Å²) in [5.41, 5.74) is 2.77. The average Bonchev–Trinajstić information content (AvgIpc) is 2.79. The predicted octanol–water partition coefficient (Wildman–Crippen LogP) is 2.23. The maximum absolute atomic E-state index is 11.9. The molecule has 0 radical (unpaired) electrons. The highest BCUT2D eigenvalue weighted by Gasteiger charge is 2.11. The minimum atomic E-state index is -0.0281. The van der Waals surface area contributed by atoms with Crippen LogP contribution in [0.2, 0.25) is 0 Å². The summed E-state index contributed by atoms with van der Waals surface area (Å²) in [5, 5.41) is 2.88. The molecular formula is C14H17N3O. The van der Waals surface area contributed by atoms with Crippen molar-refractivity contribution in [3.8, 4) is 11.1 Å². The van der Waals surface area contributed by atoms with Gasteiger partial charge in [0.2, 0.25) is 0 Å². The molecule has 0 saturated heterocycles. The van der Waals surface area contributed by atoms with Crippen LogP contribution in [0.1, 0.15) is 23.8 Å². The van der Waals surface area contributed by atoms with Crippen molar-refractivity contribution >= 4 is 5.91 Å². The van der Waals surface area contributed by atoms with E-state index in [1.807, 2.05) is 42.9 Å². The number of aryl methyl sites for hydroxylation is 1. The van der Waals surface area contributed by atoms with Gasteiger partial charge in [-0.1, -0.05) is 6.92 Å². The maximum Gasteiger partial charge on any atom is 0.267 e. The smallest absolute Gasteiger partial charge is 0.267 e. The Morgan fingerprint density at radius 3 is 2.72 bits per heavy atom. The van der Waals surface area contributed by atoms with Crippen LogP contribution in [0, 0.1) is 0 Å². The molecule has 94 valence electrons. The molecule has 2 aromatic heterocycles. The number of nitrogens with zero attached hydrogens (tertiary/aromatic N) is 2. The summed E-state index contributed by atoms with van der Waals surface area (Å²) in [6, 6.07) is 5.77. The Morgan fingerprint density at radius 2 is 2.06 bits per heavy atom. The molecule has 1 N–H and O–H groups in total. The van der Waals surface area contributed by atoms with Gasteiger partial charge in [0.25, 0.3) is 5.91 Å². The number of rotatable bonds is 4. The maximum atomic E-state index is 11.9. The fourth-order valence-electron chi connectivity index (χ4n) is 1.82. The molecule has 2 aromatic rings.